The molecule has 0 radical (unpaired) electrons. The van der Waals surface area contributed by atoms with Gasteiger partial charge in [0.05, 0.1) is 4.90 Å². The topological polar surface area (TPSA) is 54.5 Å². The number of amides is 1. The number of carbonyl (C=O) groups is 1. The average Bonchev–Trinajstić information content (AvgIpc) is 2.30. The molecule has 6 heteroatoms. The second kappa shape index (κ2) is 5.92. The fourth-order valence-corrected chi connectivity index (χ4v) is 2.68. The molecule has 0 saturated heterocycles. The fourth-order valence-electron chi connectivity index (χ4n) is 1.83. The summed E-state index contributed by atoms with van der Waals surface area (Å²) < 4.78 is 22.8. The molecule has 0 aliphatic rings. The lowest BCUT2D eigenvalue weighted by Crippen LogP contribution is -2.28. The third-order valence-electron chi connectivity index (χ3n) is 3.06. The van der Waals surface area contributed by atoms with Crippen molar-refractivity contribution in [1.29, 1.82) is 0 Å². The Labute approximate surface area is 118 Å². The minimum atomic E-state index is -3.83. The van der Waals surface area contributed by atoms with Crippen LogP contribution in [0.2, 0.25) is 0 Å². The van der Waals surface area contributed by atoms with E-state index in [4.69, 9.17) is 10.7 Å². The number of benzene rings is 1. The molecule has 0 aromatic heterocycles. The molecule has 0 saturated carbocycles. The normalized spacial score (nSPS) is 11.4. The van der Waals surface area contributed by atoms with Crippen LogP contribution in [0.3, 0.4) is 0 Å². The second-order valence-electron chi connectivity index (χ2n) is 4.58. The van der Waals surface area contributed by atoms with Crippen molar-refractivity contribution < 1.29 is 13.2 Å². The standard InChI is InChI=1S/C13H18ClNO3S/c1-5-6-15(4)13(16)12-8-11(19(14,17)18)7-9(2)10(12)3/h7-8H,5-6H2,1-4H3. The SMILES string of the molecule is CCCN(C)C(=O)c1cc(S(=O)(=O)Cl)cc(C)c1C. The molecule has 1 amide bonds. The van der Waals surface area contributed by atoms with Crippen LogP contribution < -0.4 is 0 Å². The molecule has 0 N–H and O–H groups in total. The lowest BCUT2D eigenvalue weighted by atomic mass is 10.0. The Hall–Kier alpha value is -1.07. The van der Waals surface area contributed by atoms with E-state index in [1.165, 1.54) is 12.1 Å². The number of halogens is 1. The van der Waals surface area contributed by atoms with Crippen LogP contribution in [-0.4, -0.2) is 32.8 Å². The van der Waals surface area contributed by atoms with E-state index in [9.17, 15) is 13.2 Å². The van der Waals surface area contributed by atoms with Gasteiger partial charge in [-0.1, -0.05) is 6.92 Å². The second-order valence-corrected chi connectivity index (χ2v) is 7.14. The van der Waals surface area contributed by atoms with Crippen molar-refractivity contribution in [2.45, 2.75) is 32.1 Å². The maximum Gasteiger partial charge on any atom is 0.261 e. The molecule has 0 aliphatic carbocycles. The highest BCUT2D eigenvalue weighted by Crippen LogP contribution is 2.23. The van der Waals surface area contributed by atoms with Crippen molar-refractivity contribution in [1.82, 2.24) is 4.90 Å². The Morgan fingerprint density at radius 2 is 1.89 bits per heavy atom. The van der Waals surface area contributed by atoms with Crippen LogP contribution in [0.25, 0.3) is 0 Å². The molecule has 4 nitrogen and oxygen atoms in total. The number of carbonyl (C=O) groups excluding carboxylic acids is 1. The summed E-state index contributed by atoms with van der Waals surface area (Å²) in [6.07, 6.45) is 0.841. The minimum Gasteiger partial charge on any atom is -0.342 e. The first-order valence-corrected chi connectivity index (χ1v) is 8.30. The number of aryl methyl sites for hydroxylation is 1. The van der Waals surface area contributed by atoms with Gasteiger partial charge in [-0.3, -0.25) is 4.79 Å². The van der Waals surface area contributed by atoms with Crippen molar-refractivity contribution in [3.8, 4) is 0 Å². The van der Waals surface area contributed by atoms with E-state index < -0.39 is 9.05 Å². The van der Waals surface area contributed by atoms with Gasteiger partial charge in [-0.2, -0.15) is 0 Å². The van der Waals surface area contributed by atoms with Gasteiger partial charge in [0.25, 0.3) is 15.0 Å². The zero-order valence-corrected chi connectivity index (χ0v) is 13.1. The maximum absolute atomic E-state index is 12.3. The summed E-state index contributed by atoms with van der Waals surface area (Å²) in [5.41, 5.74) is 1.89. The van der Waals surface area contributed by atoms with Crippen molar-refractivity contribution in [2.75, 3.05) is 13.6 Å². The Morgan fingerprint density at radius 3 is 2.37 bits per heavy atom. The first-order chi connectivity index (χ1) is 8.68. The maximum atomic E-state index is 12.3. The molecule has 106 valence electrons. The van der Waals surface area contributed by atoms with E-state index in [0.717, 1.165) is 17.5 Å². The first kappa shape index (κ1) is 16.0. The molecular weight excluding hydrogens is 286 g/mol. The molecule has 19 heavy (non-hydrogen) atoms. The van der Waals surface area contributed by atoms with Crippen molar-refractivity contribution in [3.63, 3.8) is 0 Å². The highest BCUT2D eigenvalue weighted by Gasteiger charge is 2.19. The molecule has 0 heterocycles. The summed E-state index contributed by atoms with van der Waals surface area (Å²) in [6.45, 7) is 6.15. The lowest BCUT2D eigenvalue weighted by Gasteiger charge is -2.18. The molecule has 0 atom stereocenters. The van der Waals surface area contributed by atoms with Gasteiger partial charge in [0, 0.05) is 29.8 Å². The van der Waals surface area contributed by atoms with Crippen molar-refractivity contribution in [3.05, 3.63) is 28.8 Å². The average molecular weight is 304 g/mol. The zero-order chi connectivity index (χ0) is 14.8. The van der Waals surface area contributed by atoms with E-state index in [0.29, 0.717) is 12.1 Å². The van der Waals surface area contributed by atoms with Crippen molar-refractivity contribution >= 4 is 25.6 Å². The van der Waals surface area contributed by atoms with Crippen LogP contribution in [0.5, 0.6) is 0 Å². The molecule has 1 rings (SSSR count). The smallest absolute Gasteiger partial charge is 0.261 e. The molecule has 0 fully saturated rings. The summed E-state index contributed by atoms with van der Waals surface area (Å²) in [5.74, 6) is -0.190. The fraction of sp³-hybridized carbons (Fsp3) is 0.462. The number of nitrogens with zero attached hydrogens (tertiary/aromatic N) is 1. The van der Waals surface area contributed by atoms with Crippen LogP contribution in [0, 0.1) is 13.8 Å². The van der Waals surface area contributed by atoms with Gasteiger partial charge in [0.2, 0.25) is 0 Å². The number of rotatable bonds is 4. The van der Waals surface area contributed by atoms with E-state index in [1.807, 2.05) is 6.92 Å². The predicted molar refractivity (Wildman–Crippen MR) is 76.2 cm³/mol. The summed E-state index contributed by atoms with van der Waals surface area (Å²) in [4.78, 5) is 13.8. The van der Waals surface area contributed by atoms with Gasteiger partial charge >= 0.3 is 0 Å². The van der Waals surface area contributed by atoms with Crippen molar-refractivity contribution in [2.24, 2.45) is 0 Å². The summed E-state index contributed by atoms with van der Waals surface area (Å²) >= 11 is 0. The molecule has 0 aliphatic heterocycles. The van der Waals surface area contributed by atoms with Gasteiger partial charge in [0.15, 0.2) is 0 Å². The predicted octanol–water partition coefficient (Wildman–Crippen LogP) is 2.71. The monoisotopic (exact) mass is 303 g/mol. The Kier molecular flexibility index (Phi) is 4.98. The molecule has 0 spiro atoms. The number of hydrogen-bond acceptors (Lipinski definition) is 3. The van der Waals surface area contributed by atoms with Gasteiger partial charge in [0.1, 0.15) is 0 Å². The molecular formula is C13H18ClNO3S. The van der Waals surface area contributed by atoms with E-state index in [-0.39, 0.29) is 10.8 Å². The third-order valence-corrected chi connectivity index (χ3v) is 4.39. The molecule has 0 bridgehead atoms. The Bertz CT molecular complexity index is 596. The molecule has 0 unspecified atom stereocenters. The molecule has 1 aromatic carbocycles. The summed E-state index contributed by atoms with van der Waals surface area (Å²) in [6, 6.07) is 2.83. The van der Waals surface area contributed by atoms with Crippen LogP contribution in [0.1, 0.15) is 34.8 Å². The van der Waals surface area contributed by atoms with Crippen LogP contribution in [0.15, 0.2) is 17.0 Å². The van der Waals surface area contributed by atoms with Crippen LogP contribution in [0.4, 0.5) is 0 Å². The molecule has 1 aromatic rings. The summed E-state index contributed by atoms with van der Waals surface area (Å²) in [7, 11) is 3.21. The van der Waals surface area contributed by atoms with E-state index in [1.54, 1.807) is 25.8 Å². The minimum absolute atomic E-state index is 0.0366. The van der Waals surface area contributed by atoms with Crippen LogP contribution >= 0.6 is 10.7 Å². The van der Waals surface area contributed by atoms with Gasteiger partial charge in [-0.25, -0.2) is 8.42 Å². The Morgan fingerprint density at radius 1 is 1.32 bits per heavy atom. The first-order valence-electron chi connectivity index (χ1n) is 5.99. The zero-order valence-electron chi connectivity index (χ0n) is 11.5. The van der Waals surface area contributed by atoms with Gasteiger partial charge in [-0.05, 0) is 43.5 Å². The lowest BCUT2D eigenvalue weighted by molar-refractivity contribution is 0.0794. The van der Waals surface area contributed by atoms with E-state index >= 15 is 0 Å². The highest BCUT2D eigenvalue weighted by molar-refractivity contribution is 8.13. The van der Waals surface area contributed by atoms with E-state index in [2.05, 4.69) is 0 Å². The largest absolute Gasteiger partial charge is 0.342 e. The van der Waals surface area contributed by atoms with Gasteiger partial charge < -0.3 is 4.90 Å². The van der Waals surface area contributed by atoms with Gasteiger partial charge in [-0.15, -0.1) is 0 Å². The third kappa shape index (κ3) is 3.70. The quantitative estimate of drug-likeness (QED) is 0.804. The Balaban J connectivity index is 3.35. The van der Waals surface area contributed by atoms with Crippen LogP contribution in [-0.2, 0) is 9.05 Å². The highest BCUT2D eigenvalue weighted by atomic mass is 35.7. The summed E-state index contributed by atoms with van der Waals surface area (Å²) in [5, 5.41) is 0. The number of hydrogen-bond donors (Lipinski definition) is 0.